The normalized spacial score (nSPS) is 13.5. The van der Waals surface area contributed by atoms with Crippen LogP contribution >= 0.6 is 11.3 Å². The van der Waals surface area contributed by atoms with Crippen LogP contribution in [0.5, 0.6) is 0 Å². The van der Waals surface area contributed by atoms with E-state index in [9.17, 15) is 8.78 Å². The maximum Gasteiger partial charge on any atom is 0.285 e. The predicted molar refractivity (Wildman–Crippen MR) is 73.6 cm³/mol. The highest BCUT2D eigenvalue weighted by molar-refractivity contribution is 7.11. The van der Waals surface area contributed by atoms with Crippen molar-refractivity contribution in [1.82, 2.24) is 10.3 Å². The molecule has 1 aromatic heterocycles. The molecular formula is C14H16F2N2S. The molecule has 0 aliphatic carbocycles. The second-order valence-corrected chi connectivity index (χ2v) is 5.75. The molecule has 102 valence electrons. The minimum Gasteiger partial charge on any atom is -0.302 e. The van der Waals surface area contributed by atoms with Gasteiger partial charge in [0.15, 0.2) is 0 Å². The fourth-order valence-electron chi connectivity index (χ4n) is 1.73. The minimum absolute atomic E-state index is 0.0324. The van der Waals surface area contributed by atoms with E-state index in [-0.39, 0.29) is 11.6 Å². The Morgan fingerprint density at radius 3 is 2.58 bits per heavy atom. The summed E-state index contributed by atoms with van der Waals surface area (Å²) in [6, 6.07) is 7.69. The molecule has 0 bridgehead atoms. The molecule has 0 saturated heterocycles. The zero-order valence-corrected chi connectivity index (χ0v) is 11.7. The topological polar surface area (TPSA) is 24.9 Å². The Hall–Kier alpha value is -1.33. The van der Waals surface area contributed by atoms with E-state index in [1.54, 1.807) is 24.4 Å². The summed E-state index contributed by atoms with van der Waals surface area (Å²) >= 11 is 1.52. The van der Waals surface area contributed by atoms with E-state index in [1.807, 2.05) is 13.8 Å². The number of aromatic nitrogens is 1. The lowest BCUT2D eigenvalue weighted by molar-refractivity contribution is -0.00534. The Balaban J connectivity index is 1.98. The average Bonchev–Trinajstić information content (AvgIpc) is 2.84. The molecule has 2 rings (SSSR count). The van der Waals surface area contributed by atoms with Crippen LogP contribution in [-0.2, 0) is 5.92 Å². The van der Waals surface area contributed by atoms with E-state index in [2.05, 4.69) is 10.3 Å². The zero-order chi connectivity index (χ0) is 13.9. The molecule has 0 aliphatic rings. The summed E-state index contributed by atoms with van der Waals surface area (Å²) in [5, 5.41) is 3.68. The van der Waals surface area contributed by atoms with Gasteiger partial charge in [-0.1, -0.05) is 30.3 Å². The van der Waals surface area contributed by atoms with Crippen molar-refractivity contribution in [3.63, 3.8) is 0 Å². The van der Waals surface area contributed by atoms with Gasteiger partial charge in [-0.3, -0.25) is 0 Å². The van der Waals surface area contributed by atoms with Crippen LogP contribution in [0.1, 0.15) is 28.4 Å². The number of hydrogen-bond acceptors (Lipinski definition) is 3. The summed E-state index contributed by atoms with van der Waals surface area (Å²) in [6.07, 6.45) is 1.76. The Labute approximate surface area is 115 Å². The number of nitrogens with one attached hydrogen (secondary N) is 1. The molecule has 1 aromatic carbocycles. The van der Waals surface area contributed by atoms with Gasteiger partial charge in [0.05, 0.1) is 12.6 Å². The third kappa shape index (κ3) is 3.58. The number of benzene rings is 1. The molecule has 1 N–H and O–H groups in total. The maximum atomic E-state index is 14.0. The van der Waals surface area contributed by atoms with Crippen molar-refractivity contribution in [2.24, 2.45) is 0 Å². The standard InChI is InChI=1S/C14H16F2N2S/c1-10-8-17-13(19-10)11(2)18-9-14(15,16)12-6-4-3-5-7-12/h3-8,11,18H,9H2,1-2H3. The zero-order valence-electron chi connectivity index (χ0n) is 10.9. The van der Waals surface area contributed by atoms with Crippen molar-refractivity contribution in [2.45, 2.75) is 25.8 Å². The van der Waals surface area contributed by atoms with Crippen LogP contribution in [0.15, 0.2) is 36.5 Å². The molecule has 2 nitrogen and oxygen atoms in total. The van der Waals surface area contributed by atoms with E-state index in [0.29, 0.717) is 0 Å². The third-order valence-corrected chi connectivity index (χ3v) is 3.93. The van der Waals surface area contributed by atoms with Crippen LogP contribution in [0.3, 0.4) is 0 Å². The molecule has 1 unspecified atom stereocenters. The SMILES string of the molecule is Cc1cnc(C(C)NCC(F)(F)c2ccccc2)s1. The van der Waals surface area contributed by atoms with E-state index >= 15 is 0 Å². The first-order valence-corrected chi connectivity index (χ1v) is 6.90. The number of hydrogen-bond donors (Lipinski definition) is 1. The first-order valence-electron chi connectivity index (χ1n) is 6.08. The van der Waals surface area contributed by atoms with Gasteiger partial charge in [-0.2, -0.15) is 8.78 Å². The molecule has 2 aromatic rings. The van der Waals surface area contributed by atoms with Crippen LogP contribution in [-0.4, -0.2) is 11.5 Å². The first-order chi connectivity index (χ1) is 8.99. The lowest BCUT2D eigenvalue weighted by Gasteiger charge is -2.19. The largest absolute Gasteiger partial charge is 0.302 e. The highest BCUT2D eigenvalue weighted by Crippen LogP contribution is 2.28. The van der Waals surface area contributed by atoms with E-state index in [1.165, 1.54) is 23.5 Å². The highest BCUT2D eigenvalue weighted by atomic mass is 32.1. The fraction of sp³-hybridized carbons (Fsp3) is 0.357. The summed E-state index contributed by atoms with van der Waals surface area (Å²) in [6.45, 7) is 3.41. The molecule has 0 amide bonds. The Morgan fingerprint density at radius 1 is 1.32 bits per heavy atom. The first kappa shape index (κ1) is 14.1. The molecule has 5 heteroatoms. The second-order valence-electron chi connectivity index (χ2n) is 4.48. The van der Waals surface area contributed by atoms with Crippen molar-refractivity contribution >= 4 is 11.3 Å². The fourth-order valence-corrected chi connectivity index (χ4v) is 2.53. The van der Waals surface area contributed by atoms with E-state index in [4.69, 9.17) is 0 Å². The average molecular weight is 282 g/mol. The van der Waals surface area contributed by atoms with Crippen molar-refractivity contribution < 1.29 is 8.78 Å². The molecular weight excluding hydrogens is 266 g/mol. The Morgan fingerprint density at radius 2 is 2.00 bits per heavy atom. The van der Waals surface area contributed by atoms with Crippen molar-refractivity contribution in [3.8, 4) is 0 Å². The maximum absolute atomic E-state index is 14.0. The van der Waals surface area contributed by atoms with Gasteiger partial charge in [0.2, 0.25) is 0 Å². The van der Waals surface area contributed by atoms with Crippen LogP contribution in [0.4, 0.5) is 8.78 Å². The van der Waals surface area contributed by atoms with Gasteiger partial charge < -0.3 is 5.32 Å². The van der Waals surface area contributed by atoms with Gasteiger partial charge in [0, 0.05) is 16.6 Å². The van der Waals surface area contributed by atoms with Crippen LogP contribution < -0.4 is 5.32 Å². The number of halogens is 2. The number of aryl methyl sites for hydroxylation is 1. The Kier molecular flexibility index (Phi) is 4.27. The van der Waals surface area contributed by atoms with Crippen molar-refractivity contribution in [2.75, 3.05) is 6.54 Å². The van der Waals surface area contributed by atoms with Gasteiger partial charge in [0.25, 0.3) is 5.92 Å². The minimum atomic E-state index is -2.87. The molecule has 0 aliphatic heterocycles. The van der Waals surface area contributed by atoms with Crippen LogP contribution in [0.25, 0.3) is 0 Å². The molecule has 0 radical (unpaired) electrons. The third-order valence-electron chi connectivity index (χ3n) is 2.84. The van der Waals surface area contributed by atoms with Gasteiger partial charge >= 0.3 is 0 Å². The summed E-state index contributed by atoms with van der Waals surface area (Å²) in [5.74, 6) is -2.87. The van der Waals surface area contributed by atoms with Gasteiger partial charge in [0.1, 0.15) is 5.01 Å². The van der Waals surface area contributed by atoms with Crippen molar-refractivity contribution in [3.05, 3.63) is 52.0 Å². The number of nitrogens with zero attached hydrogens (tertiary/aromatic N) is 1. The van der Waals surface area contributed by atoms with E-state index < -0.39 is 12.5 Å². The lowest BCUT2D eigenvalue weighted by atomic mass is 10.1. The number of thiazole rings is 1. The molecule has 1 atom stereocenters. The van der Waals surface area contributed by atoms with Gasteiger partial charge in [-0.05, 0) is 13.8 Å². The Bertz CT molecular complexity index is 525. The summed E-state index contributed by atoms with van der Waals surface area (Å²) < 4.78 is 27.9. The molecule has 0 fully saturated rings. The quantitative estimate of drug-likeness (QED) is 0.899. The monoisotopic (exact) mass is 282 g/mol. The van der Waals surface area contributed by atoms with Crippen molar-refractivity contribution in [1.29, 1.82) is 0 Å². The summed E-state index contributed by atoms with van der Waals surface area (Å²) in [7, 11) is 0. The van der Waals surface area contributed by atoms with E-state index in [0.717, 1.165) is 9.88 Å². The molecule has 1 heterocycles. The lowest BCUT2D eigenvalue weighted by Crippen LogP contribution is -2.32. The summed E-state index contributed by atoms with van der Waals surface area (Å²) in [4.78, 5) is 5.28. The van der Waals surface area contributed by atoms with Crippen LogP contribution in [0, 0.1) is 6.92 Å². The second kappa shape index (κ2) is 5.75. The van der Waals surface area contributed by atoms with Gasteiger partial charge in [-0.25, -0.2) is 4.98 Å². The molecule has 19 heavy (non-hydrogen) atoms. The highest BCUT2D eigenvalue weighted by Gasteiger charge is 2.31. The predicted octanol–water partition coefficient (Wildman–Crippen LogP) is 3.89. The van der Waals surface area contributed by atoms with Gasteiger partial charge in [-0.15, -0.1) is 11.3 Å². The van der Waals surface area contributed by atoms with Crippen LogP contribution in [0.2, 0.25) is 0 Å². The summed E-state index contributed by atoms with van der Waals surface area (Å²) in [5.41, 5.74) is 0.0324. The number of rotatable bonds is 5. The molecule has 0 saturated carbocycles. The number of alkyl halides is 2. The molecule has 0 spiro atoms. The smallest absolute Gasteiger partial charge is 0.285 e.